The third-order valence-electron chi connectivity index (χ3n) is 5.56. The Balaban J connectivity index is 1.59. The average molecular weight is 495 g/mol. The van der Waals surface area contributed by atoms with Gasteiger partial charge in [-0.3, -0.25) is 9.25 Å². The number of fused-ring (bicyclic) bond motifs is 1. The molecule has 0 spiro atoms. The van der Waals surface area contributed by atoms with Crippen molar-refractivity contribution < 1.29 is 17.2 Å². The lowest BCUT2D eigenvalue weighted by Crippen LogP contribution is -2.15. The van der Waals surface area contributed by atoms with Gasteiger partial charge in [0.1, 0.15) is 23.8 Å². The van der Waals surface area contributed by atoms with Crippen molar-refractivity contribution in [1.82, 2.24) is 29.0 Å². The van der Waals surface area contributed by atoms with Crippen LogP contribution in [0, 0.1) is 11.6 Å². The summed E-state index contributed by atoms with van der Waals surface area (Å²) in [5.74, 6) is -0.899. The highest BCUT2D eigenvalue weighted by atomic mass is 32.2. The van der Waals surface area contributed by atoms with E-state index in [1.807, 2.05) is 31.4 Å². The molecule has 0 amide bonds. The van der Waals surface area contributed by atoms with Crippen molar-refractivity contribution in [3.63, 3.8) is 0 Å². The van der Waals surface area contributed by atoms with Crippen molar-refractivity contribution in [3.8, 4) is 28.1 Å². The van der Waals surface area contributed by atoms with Crippen LogP contribution in [0.15, 0.2) is 67.3 Å². The minimum absolute atomic E-state index is 0.139. The molecule has 35 heavy (non-hydrogen) atoms. The quantitative estimate of drug-likeness (QED) is 0.338. The summed E-state index contributed by atoms with van der Waals surface area (Å²) < 4.78 is 55.7. The minimum Gasteiger partial charge on any atom is -0.283 e. The lowest BCUT2D eigenvalue weighted by Gasteiger charge is -2.11. The number of nitrogens with zero attached hydrogens (tertiary/aromatic N) is 5. The molecule has 0 saturated carbocycles. The molecule has 0 fully saturated rings. The van der Waals surface area contributed by atoms with E-state index < -0.39 is 22.5 Å². The third kappa shape index (κ3) is 4.81. The van der Waals surface area contributed by atoms with Gasteiger partial charge in [-0.05, 0) is 47.5 Å². The third-order valence-corrected chi connectivity index (χ3v) is 6.04. The molecule has 5 aromatic rings. The Morgan fingerprint density at radius 2 is 1.86 bits per heavy atom. The number of imidazole rings is 1. The molecule has 2 aromatic carbocycles. The summed E-state index contributed by atoms with van der Waals surface area (Å²) in [4.78, 5) is 9.17. The number of pyridine rings is 1. The van der Waals surface area contributed by atoms with E-state index in [9.17, 15) is 17.2 Å². The fourth-order valence-corrected chi connectivity index (χ4v) is 4.22. The summed E-state index contributed by atoms with van der Waals surface area (Å²) in [6, 6.07) is 12.6. The van der Waals surface area contributed by atoms with E-state index in [0.717, 1.165) is 28.2 Å². The van der Waals surface area contributed by atoms with E-state index in [0.29, 0.717) is 17.1 Å². The molecule has 0 saturated heterocycles. The molecule has 1 N–H and O–H groups in total. The molecule has 8 nitrogen and oxygen atoms in total. The first-order chi connectivity index (χ1) is 16.9. The average Bonchev–Trinajstić information content (AvgIpc) is 3.44. The second-order valence-electron chi connectivity index (χ2n) is 7.97. The van der Waals surface area contributed by atoms with Crippen LogP contribution in [-0.4, -0.2) is 39.3 Å². The summed E-state index contributed by atoms with van der Waals surface area (Å²) in [5.41, 5.74) is 4.68. The Labute approximate surface area is 201 Å². The Morgan fingerprint density at radius 1 is 1.00 bits per heavy atom. The largest absolute Gasteiger partial charge is 0.283 e. The summed E-state index contributed by atoms with van der Waals surface area (Å²) in [7, 11) is -0.897. The van der Waals surface area contributed by atoms with Gasteiger partial charge < -0.3 is 0 Å². The van der Waals surface area contributed by atoms with Gasteiger partial charge in [-0.25, -0.2) is 31.9 Å². The standard InChI is InChI=1S/C24H20F2N6O2S/c1-31-13-17(12-28-31)15-2-5-23-22(9-15)27-14-32(23)24-10-16(20-4-3-18(25)11-21(20)26)8-19(30-24)6-7-29-35(33)34/h2-5,8-14,35H,6-7H2,1H3,(H,29,33,34). The first-order valence-corrected chi connectivity index (χ1v) is 11.9. The highest BCUT2D eigenvalue weighted by Gasteiger charge is 2.14. The van der Waals surface area contributed by atoms with Crippen molar-refractivity contribution in [2.45, 2.75) is 6.42 Å². The normalized spacial score (nSPS) is 11.5. The molecular weight excluding hydrogens is 474 g/mol. The van der Waals surface area contributed by atoms with Crippen LogP contribution in [0.5, 0.6) is 0 Å². The number of halogens is 2. The maximum Gasteiger partial charge on any atom is 0.201 e. The molecule has 0 aliphatic heterocycles. The molecule has 0 bridgehead atoms. The predicted molar refractivity (Wildman–Crippen MR) is 128 cm³/mol. The van der Waals surface area contributed by atoms with Crippen molar-refractivity contribution in [1.29, 1.82) is 0 Å². The number of hydrogen-bond acceptors (Lipinski definition) is 5. The summed E-state index contributed by atoms with van der Waals surface area (Å²) in [6.45, 7) is 0.139. The zero-order valence-corrected chi connectivity index (χ0v) is 19.4. The number of benzene rings is 2. The van der Waals surface area contributed by atoms with E-state index in [-0.39, 0.29) is 18.5 Å². The van der Waals surface area contributed by atoms with Crippen LogP contribution >= 0.6 is 0 Å². The van der Waals surface area contributed by atoms with Gasteiger partial charge >= 0.3 is 0 Å². The van der Waals surface area contributed by atoms with Crippen LogP contribution in [-0.2, 0) is 24.4 Å². The lowest BCUT2D eigenvalue weighted by atomic mass is 10.0. The molecular formula is C24H20F2N6O2S. The van der Waals surface area contributed by atoms with E-state index in [4.69, 9.17) is 0 Å². The summed E-state index contributed by atoms with van der Waals surface area (Å²) in [5, 5.41) is 4.21. The molecule has 0 radical (unpaired) electrons. The zero-order chi connectivity index (χ0) is 24.5. The van der Waals surface area contributed by atoms with E-state index >= 15 is 0 Å². The monoisotopic (exact) mass is 494 g/mol. The van der Waals surface area contributed by atoms with Gasteiger partial charge in [-0.1, -0.05) is 6.07 Å². The number of aryl methyl sites for hydroxylation is 1. The van der Waals surface area contributed by atoms with Crippen LogP contribution in [0.3, 0.4) is 0 Å². The van der Waals surface area contributed by atoms with Crippen LogP contribution in [0.2, 0.25) is 0 Å². The number of thiol groups is 1. The first kappa shape index (κ1) is 22.8. The zero-order valence-electron chi connectivity index (χ0n) is 18.5. The van der Waals surface area contributed by atoms with Crippen molar-refractivity contribution in [2.75, 3.05) is 6.54 Å². The number of aromatic nitrogens is 5. The molecule has 3 heterocycles. The van der Waals surface area contributed by atoms with Crippen LogP contribution < -0.4 is 4.72 Å². The van der Waals surface area contributed by atoms with Crippen molar-refractivity contribution >= 4 is 21.9 Å². The maximum absolute atomic E-state index is 14.6. The van der Waals surface area contributed by atoms with Gasteiger partial charge in [-0.2, -0.15) is 5.10 Å². The molecule has 0 aliphatic carbocycles. The van der Waals surface area contributed by atoms with Gasteiger partial charge in [0.2, 0.25) is 10.9 Å². The summed E-state index contributed by atoms with van der Waals surface area (Å²) in [6.07, 6.45) is 5.60. The highest BCUT2D eigenvalue weighted by molar-refractivity contribution is 7.70. The number of hydrogen-bond donors (Lipinski definition) is 2. The molecule has 3 aromatic heterocycles. The second kappa shape index (κ2) is 9.35. The smallest absolute Gasteiger partial charge is 0.201 e. The Kier molecular flexibility index (Phi) is 6.10. The fourth-order valence-electron chi connectivity index (χ4n) is 3.92. The molecule has 5 rings (SSSR count). The van der Waals surface area contributed by atoms with Gasteiger partial charge in [-0.15, -0.1) is 0 Å². The van der Waals surface area contributed by atoms with Gasteiger partial charge in [0.15, 0.2) is 0 Å². The Hall–Kier alpha value is -3.96. The SMILES string of the molecule is Cn1cc(-c2ccc3c(c2)ncn3-c2cc(-c3ccc(F)cc3F)cc(CCN[SH](=O)=O)n2)cn1. The minimum atomic E-state index is -2.75. The Morgan fingerprint density at radius 3 is 2.60 bits per heavy atom. The maximum atomic E-state index is 14.6. The van der Waals surface area contributed by atoms with Crippen molar-refractivity contribution in [2.24, 2.45) is 7.05 Å². The Bertz CT molecular complexity index is 1620. The summed E-state index contributed by atoms with van der Waals surface area (Å²) >= 11 is 0. The first-order valence-electron chi connectivity index (χ1n) is 10.7. The number of rotatable bonds is 7. The predicted octanol–water partition coefficient (Wildman–Crippen LogP) is 3.42. The van der Waals surface area contributed by atoms with E-state index in [1.165, 1.54) is 12.1 Å². The molecule has 0 aliphatic rings. The second-order valence-corrected chi connectivity index (χ2v) is 8.80. The van der Waals surface area contributed by atoms with Gasteiger partial charge in [0, 0.05) is 49.1 Å². The highest BCUT2D eigenvalue weighted by Crippen LogP contribution is 2.29. The van der Waals surface area contributed by atoms with Crippen LogP contribution in [0.4, 0.5) is 8.78 Å². The number of nitrogens with one attached hydrogen (secondary N) is 1. The molecule has 0 unspecified atom stereocenters. The van der Waals surface area contributed by atoms with E-state index in [2.05, 4.69) is 19.8 Å². The fraction of sp³-hybridized carbons (Fsp3) is 0.125. The van der Waals surface area contributed by atoms with Crippen molar-refractivity contribution in [3.05, 3.63) is 84.6 Å². The topological polar surface area (TPSA) is 94.7 Å². The van der Waals surface area contributed by atoms with Gasteiger partial charge in [0.25, 0.3) is 0 Å². The molecule has 178 valence electrons. The molecule has 0 atom stereocenters. The molecule has 11 heteroatoms. The van der Waals surface area contributed by atoms with Gasteiger partial charge in [0.05, 0.1) is 17.2 Å². The van der Waals surface area contributed by atoms with Crippen LogP contribution in [0.25, 0.3) is 39.1 Å². The van der Waals surface area contributed by atoms with Crippen LogP contribution in [0.1, 0.15) is 5.69 Å². The van der Waals surface area contributed by atoms with E-state index in [1.54, 1.807) is 33.9 Å². The lowest BCUT2D eigenvalue weighted by molar-refractivity contribution is 0.585.